The summed E-state index contributed by atoms with van der Waals surface area (Å²) in [7, 11) is 1.47. The van der Waals surface area contributed by atoms with Crippen LogP contribution in [0, 0.1) is 0 Å². The van der Waals surface area contributed by atoms with Crippen LogP contribution in [0.1, 0.15) is 39.0 Å². The highest BCUT2D eigenvalue weighted by molar-refractivity contribution is 8.68. The molecule has 0 aliphatic carbocycles. The molecule has 0 spiro atoms. The first kappa shape index (κ1) is 11.4. The van der Waals surface area contributed by atoms with E-state index < -0.39 is 0 Å². The van der Waals surface area contributed by atoms with Gasteiger partial charge in [-0.25, -0.2) is 0 Å². The van der Waals surface area contributed by atoms with Crippen molar-refractivity contribution in [3.8, 4) is 0 Å². The lowest BCUT2D eigenvalue weighted by molar-refractivity contribution is 0.674. The Morgan fingerprint density at radius 1 is 1.18 bits per heavy atom. The van der Waals surface area contributed by atoms with Crippen molar-refractivity contribution in [1.82, 2.24) is 0 Å². The van der Waals surface area contributed by atoms with Gasteiger partial charge in [-0.1, -0.05) is 49.1 Å². The first-order valence-corrected chi connectivity index (χ1v) is 6.22. The molecule has 0 aliphatic rings. The molecule has 0 aromatic heterocycles. The minimum absolute atomic E-state index is 0.989. The Balaban J connectivity index is 2.89. The summed E-state index contributed by atoms with van der Waals surface area (Å²) in [5, 5.41) is 0. The molecule has 0 amide bonds. The van der Waals surface area contributed by atoms with Gasteiger partial charge in [-0.15, -0.1) is 0 Å². The Labute approximate surface area is 79.6 Å². The number of rotatable bonds is 7. The Morgan fingerprint density at radius 2 is 2.00 bits per heavy atom. The highest BCUT2D eigenvalue weighted by atomic mass is 33.1. The summed E-state index contributed by atoms with van der Waals surface area (Å²) in [5.74, 6) is 0.989. The molecule has 0 aromatic rings. The monoisotopic (exact) mass is 189 g/mol. The van der Waals surface area contributed by atoms with Crippen molar-refractivity contribution in [3.63, 3.8) is 0 Å². The molecular formula is C9H17S2. The normalized spacial score (nSPS) is 11.1. The summed E-state index contributed by atoms with van der Waals surface area (Å²) < 4.78 is 0. The van der Waals surface area contributed by atoms with E-state index in [0.29, 0.717) is 0 Å². The molecule has 0 saturated heterocycles. The van der Waals surface area contributed by atoms with E-state index in [4.69, 9.17) is 11.7 Å². The van der Waals surface area contributed by atoms with Crippen LogP contribution < -0.4 is 0 Å². The Bertz CT molecular complexity index is 89.6. The molecule has 11 heavy (non-hydrogen) atoms. The zero-order chi connectivity index (χ0) is 8.36. The van der Waals surface area contributed by atoms with Gasteiger partial charge in [0.1, 0.15) is 0 Å². The van der Waals surface area contributed by atoms with Crippen LogP contribution in [-0.2, 0) is 0 Å². The lowest BCUT2D eigenvalue weighted by Gasteiger charge is -1.93. The SMILES string of the molecule is CCCCCCC=CCS[S]. The molecule has 0 N–H and O–H groups in total. The van der Waals surface area contributed by atoms with Crippen molar-refractivity contribution >= 4 is 22.5 Å². The summed E-state index contributed by atoms with van der Waals surface area (Å²) in [5.41, 5.74) is 0. The molecule has 0 atom stereocenters. The van der Waals surface area contributed by atoms with E-state index in [2.05, 4.69) is 19.1 Å². The summed E-state index contributed by atoms with van der Waals surface area (Å²) in [4.78, 5) is 0. The first-order valence-electron chi connectivity index (χ1n) is 4.31. The zero-order valence-corrected chi connectivity index (χ0v) is 8.85. The van der Waals surface area contributed by atoms with Crippen molar-refractivity contribution in [1.29, 1.82) is 0 Å². The van der Waals surface area contributed by atoms with Crippen molar-refractivity contribution in [2.45, 2.75) is 39.0 Å². The van der Waals surface area contributed by atoms with Gasteiger partial charge < -0.3 is 0 Å². The highest BCUT2D eigenvalue weighted by Crippen LogP contribution is 2.06. The molecule has 0 rings (SSSR count). The van der Waals surface area contributed by atoms with E-state index in [9.17, 15) is 0 Å². The smallest absolute Gasteiger partial charge is 0.0226 e. The van der Waals surface area contributed by atoms with Gasteiger partial charge in [-0.3, -0.25) is 0 Å². The van der Waals surface area contributed by atoms with E-state index in [0.717, 1.165) is 5.75 Å². The third-order valence-electron chi connectivity index (χ3n) is 1.56. The van der Waals surface area contributed by atoms with Crippen LogP contribution in [0.4, 0.5) is 0 Å². The van der Waals surface area contributed by atoms with Crippen LogP contribution in [0.2, 0.25) is 0 Å². The second kappa shape index (κ2) is 10.4. The molecule has 0 bridgehead atoms. The molecule has 0 nitrogen and oxygen atoms in total. The lowest BCUT2D eigenvalue weighted by atomic mass is 10.1. The van der Waals surface area contributed by atoms with E-state index in [-0.39, 0.29) is 0 Å². The first-order chi connectivity index (χ1) is 5.41. The molecule has 0 aromatic carbocycles. The van der Waals surface area contributed by atoms with Gasteiger partial charge in [0, 0.05) is 5.75 Å². The van der Waals surface area contributed by atoms with Gasteiger partial charge in [-0.05, 0) is 24.5 Å². The Morgan fingerprint density at radius 3 is 2.64 bits per heavy atom. The van der Waals surface area contributed by atoms with E-state index in [1.165, 1.54) is 42.9 Å². The Hall–Kier alpha value is 0.440. The molecule has 0 fully saturated rings. The number of allylic oxidation sites excluding steroid dienone is 1. The minimum Gasteiger partial charge on any atom is -0.0877 e. The molecule has 2 heteroatoms. The molecule has 0 saturated carbocycles. The topological polar surface area (TPSA) is 0 Å². The third kappa shape index (κ3) is 10.4. The van der Waals surface area contributed by atoms with Crippen molar-refractivity contribution in [3.05, 3.63) is 12.2 Å². The maximum absolute atomic E-state index is 4.74. The van der Waals surface area contributed by atoms with Gasteiger partial charge >= 0.3 is 0 Å². The molecular weight excluding hydrogens is 172 g/mol. The van der Waals surface area contributed by atoms with Gasteiger partial charge in [0.2, 0.25) is 0 Å². The highest BCUT2D eigenvalue weighted by Gasteiger charge is 1.83. The standard InChI is InChI=1S/C9H17S2/c1-2-3-4-5-6-7-8-9-11-10/h7-8H,2-6,9H2,1H3. The van der Waals surface area contributed by atoms with Gasteiger partial charge in [0.15, 0.2) is 0 Å². The second-order valence-electron chi connectivity index (χ2n) is 2.61. The molecule has 0 aliphatic heterocycles. The zero-order valence-electron chi connectivity index (χ0n) is 7.21. The van der Waals surface area contributed by atoms with Crippen LogP contribution in [0.25, 0.3) is 0 Å². The molecule has 0 unspecified atom stereocenters. The fourth-order valence-electron chi connectivity index (χ4n) is 0.914. The Kier molecular flexibility index (Phi) is 10.9. The maximum Gasteiger partial charge on any atom is 0.0226 e. The number of hydrogen-bond donors (Lipinski definition) is 0. The van der Waals surface area contributed by atoms with E-state index >= 15 is 0 Å². The van der Waals surface area contributed by atoms with Gasteiger partial charge in [-0.2, -0.15) is 0 Å². The van der Waals surface area contributed by atoms with Gasteiger partial charge in [0.05, 0.1) is 0 Å². The molecule has 1 radical (unpaired) electrons. The average molecular weight is 189 g/mol. The largest absolute Gasteiger partial charge is 0.0877 e. The number of unbranched alkanes of at least 4 members (excludes halogenated alkanes) is 4. The van der Waals surface area contributed by atoms with Crippen LogP contribution in [0.5, 0.6) is 0 Å². The van der Waals surface area contributed by atoms with Crippen molar-refractivity contribution < 1.29 is 0 Å². The summed E-state index contributed by atoms with van der Waals surface area (Å²) >= 11 is 4.74. The van der Waals surface area contributed by atoms with E-state index in [1.807, 2.05) is 0 Å². The predicted molar refractivity (Wildman–Crippen MR) is 57.9 cm³/mol. The lowest BCUT2D eigenvalue weighted by Crippen LogP contribution is -1.73. The van der Waals surface area contributed by atoms with Crippen molar-refractivity contribution in [2.75, 3.05) is 5.75 Å². The third-order valence-corrected chi connectivity index (χ3v) is 2.29. The van der Waals surface area contributed by atoms with E-state index in [1.54, 1.807) is 0 Å². The minimum atomic E-state index is 0.989. The fourth-order valence-corrected chi connectivity index (χ4v) is 1.36. The van der Waals surface area contributed by atoms with Gasteiger partial charge in [0.25, 0.3) is 0 Å². The molecule has 65 valence electrons. The fraction of sp³-hybridized carbons (Fsp3) is 0.778. The predicted octanol–water partition coefficient (Wildman–Crippen LogP) is 4.36. The maximum atomic E-state index is 4.74. The van der Waals surface area contributed by atoms with Crippen molar-refractivity contribution in [2.24, 2.45) is 0 Å². The van der Waals surface area contributed by atoms with Crippen LogP contribution in [0.3, 0.4) is 0 Å². The summed E-state index contributed by atoms with van der Waals surface area (Å²) in [6.07, 6.45) is 11.1. The molecule has 0 heterocycles. The van der Waals surface area contributed by atoms with Crippen LogP contribution in [-0.4, -0.2) is 5.75 Å². The van der Waals surface area contributed by atoms with Crippen LogP contribution in [0.15, 0.2) is 12.2 Å². The van der Waals surface area contributed by atoms with Crippen LogP contribution >= 0.6 is 22.5 Å². The summed E-state index contributed by atoms with van der Waals surface area (Å²) in [6.45, 7) is 2.24. The second-order valence-corrected chi connectivity index (χ2v) is 3.88. The quantitative estimate of drug-likeness (QED) is 0.326. The average Bonchev–Trinajstić information content (AvgIpc) is 2.03. The number of hydrogen-bond acceptors (Lipinski definition) is 1. The summed E-state index contributed by atoms with van der Waals surface area (Å²) in [6, 6.07) is 0.